The predicted octanol–water partition coefficient (Wildman–Crippen LogP) is 3.12. The highest BCUT2D eigenvalue weighted by molar-refractivity contribution is 14.0. The summed E-state index contributed by atoms with van der Waals surface area (Å²) in [5.41, 5.74) is -0.164. The lowest BCUT2D eigenvalue weighted by Crippen LogP contribution is -2.37. The molecular formula is C17H22F3IN6. The Kier molecular flexibility index (Phi) is 7.45. The summed E-state index contributed by atoms with van der Waals surface area (Å²) in [4.78, 5) is 4.37. The highest BCUT2D eigenvalue weighted by atomic mass is 127. The van der Waals surface area contributed by atoms with Gasteiger partial charge in [-0.3, -0.25) is 0 Å². The fourth-order valence-electron chi connectivity index (χ4n) is 2.86. The molecule has 1 aromatic heterocycles. The Morgan fingerprint density at radius 1 is 1.26 bits per heavy atom. The summed E-state index contributed by atoms with van der Waals surface area (Å²) in [7, 11) is 0. The third kappa shape index (κ3) is 5.56. The molecule has 0 spiro atoms. The molecular weight excluding hydrogens is 472 g/mol. The van der Waals surface area contributed by atoms with Crippen LogP contribution in [-0.4, -0.2) is 27.3 Å². The van der Waals surface area contributed by atoms with Crippen molar-refractivity contribution in [2.45, 2.75) is 45.6 Å². The average Bonchev–Trinajstić information content (AvgIpc) is 3.21. The van der Waals surface area contributed by atoms with Gasteiger partial charge >= 0.3 is 6.18 Å². The molecule has 10 heteroatoms. The molecule has 1 aliphatic heterocycles. The number of aromatic nitrogens is 3. The van der Waals surface area contributed by atoms with Crippen molar-refractivity contribution in [2.24, 2.45) is 4.99 Å². The van der Waals surface area contributed by atoms with E-state index < -0.39 is 11.7 Å². The van der Waals surface area contributed by atoms with Crippen LogP contribution in [0.1, 0.15) is 36.1 Å². The molecule has 0 fully saturated rings. The lowest BCUT2D eigenvalue weighted by Gasteiger charge is -2.12. The van der Waals surface area contributed by atoms with Crippen molar-refractivity contribution in [3.05, 3.63) is 47.0 Å². The van der Waals surface area contributed by atoms with E-state index in [0.717, 1.165) is 43.2 Å². The first-order valence-corrected chi connectivity index (χ1v) is 8.56. The zero-order valence-electron chi connectivity index (χ0n) is 14.9. The van der Waals surface area contributed by atoms with Crippen LogP contribution in [0.3, 0.4) is 0 Å². The van der Waals surface area contributed by atoms with E-state index in [-0.39, 0.29) is 30.5 Å². The molecule has 2 aromatic rings. The second kappa shape index (κ2) is 9.38. The van der Waals surface area contributed by atoms with E-state index in [1.54, 1.807) is 6.07 Å². The van der Waals surface area contributed by atoms with Crippen LogP contribution in [0.5, 0.6) is 0 Å². The normalized spacial score (nSPS) is 13.9. The Hall–Kier alpha value is -1.85. The molecule has 1 aliphatic rings. The van der Waals surface area contributed by atoms with Crippen molar-refractivity contribution >= 4 is 29.9 Å². The minimum Gasteiger partial charge on any atom is -0.357 e. The molecule has 6 nitrogen and oxygen atoms in total. The number of fused-ring (bicyclic) bond motifs is 1. The van der Waals surface area contributed by atoms with Crippen molar-refractivity contribution in [2.75, 3.05) is 6.54 Å². The third-order valence-corrected chi connectivity index (χ3v) is 4.12. The SMILES string of the molecule is CCNC(=NCc1cccc(C(F)(F)F)c1)NCc1nnc2n1CCC2.I. The fraction of sp³-hybridized carbons (Fsp3) is 0.471. The number of halogens is 4. The number of aryl methyl sites for hydroxylation is 1. The first-order chi connectivity index (χ1) is 12.5. The highest BCUT2D eigenvalue weighted by Crippen LogP contribution is 2.29. The van der Waals surface area contributed by atoms with Gasteiger partial charge in [-0.15, -0.1) is 34.2 Å². The highest BCUT2D eigenvalue weighted by Gasteiger charge is 2.30. The second-order valence-corrected chi connectivity index (χ2v) is 6.03. The topological polar surface area (TPSA) is 67.1 Å². The van der Waals surface area contributed by atoms with Gasteiger partial charge in [0.1, 0.15) is 5.82 Å². The molecule has 1 aromatic carbocycles. The molecule has 0 aliphatic carbocycles. The number of nitrogens with zero attached hydrogens (tertiary/aromatic N) is 4. The van der Waals surface area contributed by atoms with Crippen molar-refractivity contribution in [1.82, 2.24) is 25.4 Å². The number of alkyl halides is 3. The fourth-order valence-corrected chi connectivity index (χ4v) is 2.86. The molecule has 0 atom stereocenters. The van der Waals surface area contributed by atoms with Crippen molar-refractivity contribution in [1.29, 1.82) is 0 Å². The molecule has 2 N–H and O–H groups in total. The number of hydrogen-bond donors (Lipinski definition) is 2. The molecule has 27 heavy (non-hydrogen) atoms. The van der Waals surface area contributed by atoms with Gasteiger partial charge in [0.05, 0.1) is 18.7 Å². The molecule has 2 heterocycles. The Labute approximate surface area is 172 Å². The monoisotopic (exact) mass is 494 g/mol. The van der Waals surface area contributed by atoms with Gasteiger partial charge in [-0.2, -0.15) is 13.2 Å². The van der Waals surface area contributed by atoms with E-state index in [2.05, 4.69) is 30.4 Å². The lowest BCUT2D eigenvalue weighted by molar-refractivity contribution is -0.137. The predicted molar refractivity (Wildman–Crippen MR) is 107 cm³/mol. The Balaban J connectivity index is 0.00000261. The molecule has 0 radical (unpaired) electrons. The van der Waals surface area contributed by atoms with Crippen molar-refractivity contribution in [3.8, 4) is 0 Å². The number of benzene rings is 1. The number of rotatable bonds is 5. The van der Waals surface area contributed by atoms with Crippen molar-refractivity contribution < 1.29 is 13.2 Å². The van der Waals surface area contributed by atoms with Crippen LogP contribution in [0.4, 0.5) is 13.2 Å². The van der Waals surface area contributed by atoms with E-state index in [4.69, 9.17) is 0 Å². The number of nitrogens with one attached hydrogen (secondary N) is 2. The van der Waals surface area contributed by atoms with E-state index in [9.17, 15) is 13.2 Å². The van der Waals surface area contributed by atoms with Gasteiger partial charge in [-0.05, 0) is 31.0 Å². The van der Waals surface area contributed by atoms with E-state index in [1.807, 2.05) is 6.92 Å². The molecule has 0 bridgehead atoms. The molecule has 0 saturated heterocycles. The van der Waals surface area contributed by atoms with Gasteiger partial charge in [0.25, 0.3) is 0 Å². The van der Waals surface area contributed by atoms with Crippen molar-refractivity contribution in [3.63, 3.8) is 0 Å². The zero-order chi connectivity index (χ0) is 18.6. The second-order valence-electron chi connectivity index (χ2n) is 6.03. The molecule has 0 saturated carbocycles. The minimum atomic E-state index is -4.35. The Morgan fingerprint density at radius 3 is 2.81 bits per heavy atom. The van der Waals surface area contributed by atoms with Crippen LogP contribution in [0.15, 0.2) is 29.3 Å². The van der Waals surface area contributed by atoms with Crippen LogP contribution in [-0.2, 0) is 32.2 Å². The van der Waals surface area contributed by atoms with Gasteiger partial charge in [0.15, 0.2) is 11.8 Å². The summed E-state index contributed by atoms with van der Waals surface area (Å²) in [6.07, 6.45) is -2.34. The van der Waals surface area contributed by atoms with Crippen LogP contribution in [0.2, 0.25) is 0 Å². The largest absolute Gasteiger partial charge is 0.416 e. The maximum atomic E-state index is 12.8. The number of aliphatic imine (C=N–C) groups is 1. The summed E-state index contributed by atoms with van der Waals surface area (Å²) in [6, 6.07) is 5.21. The van der Waals surface area contributed by atoms with Crippen LogP contribution >= 0.6 is 24.0 Å². The van der Waals surface area contributed by atoms with E-state index in [1.165, 1.54) is 6.07 Å². The third-order valence-electron chi connectivity index (χ3n) is 4.12. The summed E-state index contributed by atoms with van der Waals surface area (Å²) < 4.78 is 40.5. The first kappa shape index (κ1) is 21.5. The molecule has 0 amide bonds. The smallest absolute Gasteiger partial charge is 0.357 e. The quantitative estimate of drug-likeness (QED) is 0.381. The minimum absolute atomic E-state index is 0. The van der Waals surface area contributed by atoms with Crippen LogP contribution in [0, 0.1) is 0 Å². The summed E-state index contributed by atoms with van der Waals surface area (Å²) in [5, 5.41) is 14.6. The van der Waals surface area contributed by atoms with Crippen LogP contribution < -0.4 is 10.6 Å². The van der Waals surface area contributed by atoms with Gasteiger partial charge in [-0.25, -0.2) is 4.99 Å². The Bertz CT molecular complexity index is 787. The van der Waals surface area contributed by atoms with Gasteiger partial charge < -0.3 is 15.2 Å². The zero-order valence-corrected chi connectivity index (χ0v) is 17.2. The Morgan fingerprint density at radius 2 is 2.07 bits per heavy atom. The maximum Gasteiger partial charge on any atom is 0.416 e. The summed E-state index contributed by atoms with van der Waals surface area (Å²) in [6.45, 7) is 4.10. The lowest BCUT2D eigenvalue weighted by atomic mass is 10.1. The maximum absolute atomic E-state index is 12.8. The molecule has 148 valence electrons. The van der Waals surface area contributed by atoms with E-state index in [0.29, 0.717) is 24.6 Å². The van der Waals surface area contributed by atoms with Gasteiger partial charge in [0.2, 0.25) is 0 Å². The van der Waals surface area contributed by atoms with Gasteiger partial charge in [0, 0.05) is 19.5 Å². The first-order valence-electron chi connectivity index (χ1n) is 8.56. The van der Waals surface area contributed by atoms with E-state index >= 15 is 0 Å². The standard InChI is InChI=1S/C17H21F3N6.HI/c1-2-21-16(23-11-15-25-24-14-7-4-8-26(14)15)22-10-12-5-3-6-13(9-12)17(18,19)20;/h3,5-6,9H,2,4,7-8,10-11H2,1H3,(H2,21,22,23);1H. The summed E-state index contributed by atoms with van der Waals surface area (Å²) in [5.74, 6) is 2.36. The molecule has 3 rings (SSSR count). The number of hydrogen-bond acceptors (Lipinski definition) is 3. The molecule has 0 unspecified atom stereocenters. The average molecular weight is 494 g/mol. The van der Waals surface area contributed by atoms with Crippen LogP contribution in [0.25, 0.3) is 0 Å². The van der Waals surface area contributed by atoms with Gasteiger partial charge in [-0.1, -0.05) is 12.1 Å². The number of guanidine groups is 1. The summed E-state index contributed by atoms with van der Waals surface area (Å²) >= 11 is 0.